The summed E-state index contributed by atoms with van der Waals surface area (Å²) in [5, 5.41) is 0. The van der Waals surface area contributed by atoms with Crippen LogP contribution in [0.3, 0.4) is 0 Å². The Bertz CT molecular complexity index is 211. The van der Waals surface area contributed by atoms with Crippen LogP contribution >= 0.6 is 0 Å². The van der Waals surface area contributed by atoms with Crippen LogP contribution in [0.1, 0.15) is 25.3 Å². The van der Waals surface area contributed by atoms with Crippen molar-refractivity contribution in [1.29, 1.82) is 0 Å². The number of hydrogen-bond acceptors (Lipinski definition) is 1. The predicted octanol–water partition coefficient (Wildman–Crippen LogP) is 3.00. The Morgan fingerprint density at radius 3 is 2.69 bits per heavy atom. The Kier molecular flexibility index (Phi) is 6.40. The standard InChI is InChI=1S/C7H7.C4H9O.Zr/c1-7-5-3-2-4-6-7;1-2-3-4-5;/h2-6H,1H2;2-4H2,1H3;/q;-1;+1. The van der Waals surface area contributed by atoms with E-state index >= 15 is 0 Å². The fourth-order valence-corrected chi connectivity index (χ4v) is 2.97. The molecule has 1 aromatic carbocycles. The summed E-state index contributed by atoms with van der Waals surface area (Å²) in [7, 11) is 0. The van der Waals surface area contributed by atoms with Crippen LogP contribution in [0.4, 0.5) is 0 Å². The molecule has 2 heteroatoms. The monoisotopic (exact) mass is 254 g/mol. The molecule has 1 nitrogen and oxygen atoms in total. The predicted molar refractivity (Wildman–Crippen MR) is 51.0 cm³/mol. The Balaban J connectivity index is 2.07. The maximum absolute atomic E-state index is 5.65. The van der Waals surface area contributed by atoms with Crippen molar-refractivity contribution in [3.63, 3.8) is 0 Å². The fourth-order valence-electron chi connectivity index (χ4n) is 1.02. The van der Waals surface area contributed by atoms with Gasteiger partial charge in [-0.1, -0.05) is 0 Å². The normalized spacial score (nSPS) is 9.92. The number of hydrogen-bond donors (Lipinski definition) is 0. The molecule has 0 spiro atoms. The van der Waals surface area contributed by atoms with Crippen molar-refractivity contribution in [3.8, 4) is 0 Å². The third-order valence-corrected chi connectivity index (χ3v) is 4.18. The maximum atomic E-state index is 5.65. The van der Waals surface area contributed by atoms with E-state index in [4.69, 9.17) is 2.81 Å². The van der Waals surface area contributed by atoms with Crippen LogP contribution < -0.4 is 0 Å². The van der Waals surface area contributed by atoms with Gasteiger partial charge in [0.05, 0.1) is 0 Å². The van der Waals surface area contributed by atoms with Gasteiger partial charge in [-0.3, -0.25) is 0 Å². The fraction of sp³-hybridized carbons (Fsp3) is 0.455. The van der Waals surface area contributed by atoms with Crippen LogP contribution in [-0.2, 0) is 30.6 Å². The van der Waals surface area contributed by atoms with Crippen molar-refractivity contribution in [1.82, 2.24) is 0 Å². The average Bonchev–Trinajstić information content (AvgIpc) is 2.19. The molecule has 0 atom stereocenters. The van der Waals surface area contributed by atoms with E-state index < -0.39 is 23.7 Å². The van der Waals surface area contributed by atoms with Crippen molar-refractivity contribution in [2.24, 2.45) is 0 Å². The first kappa shape index (κ1) is 11.1. The molecule has 0 fully saturated rings. The second-order valence-corrected chi connectivity index (χ2v) is 5.30. The van der Waals surface area contributed by atoms with Crippen molar-refractivity contribution < 1.29 is 26.5 Å². The molecule has 1 aromatic rings. The zero-order valence-corrected chi connectivity index (χ0v) is 10.6. The Morgan fingerprint density at radius 2 is 2.00 bits per heavy atom. The Morgan fingerprint density at radius 1 is 1.23 bits per heavy atom. The van der Waals surface area contributed by atoms with Gasteiger partial charge < -0.3 is 0 Å². The minimum atomic E-state index is -0.567. The molecule has 0 aliphatic carbocycles. The van der Waals surface area contributed by atoms with Crippen molar-refractivity contribution >= 4 is 0 Å². The molecule has 0 unspecified atom stereocenters. The molecule has 0 bridgehead atoms. The summed E-state index contributed by atoms with van der Waals surface area (Å²) in [6.07, 6.45) is 2.46. The summed E-state index contributed by atoms with van der Waals surface area (Å²) >= 11 is -0.567. The summed E-state index contributed by atoms with van der Waals surface area (Å²) < 4.78 is 6.85. The van der Waals surface area contributed by atoms with Crippen LogP contribution in [0.25, 0.3) is 0 Å². The van der Waals surface area contributed by atoms with Gasteiger partial charge in [-0.25, -0.2) is 0 Å². The van der Waals surface area contributed by atoms with Crippen molar-refractivity contribution in [2.45, 2.75) is 23.9 Å². The quantitative estimate of drug-likeness (QED) is 0.710. The van der Waals surface area contributed by atoms with E-state index in [9.17, 15) is 0 Å². The van der Waals surface area contributed by atoms with Gasteiger partial charge in [-0.2, -0.15) is 0 Å². The van der Waals surface area contributed by atoms with Crippen LogP contribution in [0, 0.1) is 0 Å². The van der Waals surface area contributed by atoms with E-state index in [2.05, 4.69) is 37.3 Å². The second-order valence-electron chi connectivity index (χ2n) is 3.01. The SMILES string of the molecule is CCCC[O][Zr][CH2]c1ccccc1. The minimum absolute atomic E-state index is 0.567. The molecular weight excluding hydrogens is 239 g/mol. The van der Waals surface area contributed by atoms with E-state index in [1.165, 1.54) is 22.5 Å². The molecule has 0 aliphatic heterocycles. The molecule has 13 heavy (non-hydrogen) atoms. The van der Waals surface area contributed by atoms with Gasteiger partial charge in [0.1, 0.15) is 0 Å². The molecule has 0 aliphatic rings. The molecule has 1 rings (SSSR count). The summed E-state index contributed by atoms with van der Waals surface area (Å²) in [5.74, 6) is 0. The van der Waals surface area contributed by atoms with Gasteiger partial charge in [0.25, 0.3) is 0 Å². The summed E-state index contributed by atoms with van der Waals surface area (Å²) in [6, 6.07) is 10.6. The molecule has 0 N–H and O–H groups in total. The van der Waals surface area contributed by atoms with E-state index in [1.807, 2.05) is 0 Å². The number of benzene rings is 1. The van der Waals surface area contributed by atoms with Crippen molar-refractivity contribution in [3.05, 3.63) is 35.9 Å². The van der Waals surface area contributed by atoms with Crippen LogP contribution in [-0.4, -0.2) is 6.61 Å². The van der Waals surface area contributed by atoms with Gasteiger partial charge in [-0.15, -0.1) is 0 Å². The number of rotatable bonds is 6. The first-order valence-corrected chi connectivity index (χ1v) is 7.56. The van der Waals surface area contributed by atoms with E-state index in [1.54, 1.807) is 0 Å². The Hall–Kier alpha value is 0.0631. The zero-order chi connectivity index (χ0) is 9.36. The summed E-state index contributed by atoms with van der Waals surface area (Å²) in [6.45, 7) is 3.18. The Labute approximate surface area is 92.7 Å². The van der Waals surface area contributed by atoms with Gasteiger partial charge in [0.15, 0.2) is 0 Å². The first-order chi connectivity index (χ1) is 6.43. The second kappa shape index (κ2) is 7.47. The molecular formula is C11H16OZr. The molecule has 0 saturated heterocycles. The van der Waals surface area contributed by atoms with Gasteiger partial charge in [-0.05, 0) is 0 Å². The molecule has 0 heterocycles. The van der Waals surface area contributed by atoms with Crippen LogP contribution in [0.5, 0.6) is 0 Å². The number of unbranched alkanes of at least 4 members (excludes halogenated alkanes) is 1. The van der Waals surface area contributed by atoms with E-state index in [-0.39, 0.29) is 0 Å². The zero-order valence-electron chi connectivity index (χ0n) is 8.12. The third kappa shape index (κ3) is 5.38. The first-order valence-electron chi connectivity index (χ1n) is 4.82. The van der Waals surface area contributed by atoms with E-state index in [0.29, 0.717) is 0 Å². The topological polar surface area (TPSA) is 9.23 Å². The van der Waals surface area contributed by atoms with Crippen molar-refractivity contribution in [2.75, 3.05) is 6.61 Å². The van der Waals surface area contributed by atoms with Gasteiger partial charge in [0.2, 0.25) is 0 Å². The average molecular weight is 255 g/mol. The molecule has 0 saturated carbocycles. The molecule has 70 valence electrons. The van der Waals surface area contributed by atoms with E-state index in [0.717, 1.165) is 6.61 Å². The molecule has 0 aromatic heterocycles. The van der Waals surface area contributed by atoms with Gasteiger partial charge >= 0.3 is 92.9 Å². The molecule has 0 amide bonds. The third-order valence-electron chi connectivity index (χ3n) is 1.82. The van der Waals surface area contributed by atoms with Crippen LogP contribution in [0.2, 0.25) is 0 Å². The van der Waals surface area contributed by atoms with Gasteiger partial charge in [0, 0.05) is 0 Å². The summed E-state index contributed by atoms with van der Waals surface area (Å²) in [4.78, 5) is 0. The van der Waals surface area contributed by atoms with Crippen LogP contribution in [0.15, 0.2) is 30.3 Å². The molecule has 0 radical (unpaired) electrons. The summed E-state index contributed by atoms with van der Waals surface area (Å²) in [5.41, 5.74) is 1.44.